The summed E-state index contributed by atoms with van der Waals surface area (Å²) < 4.78 is 26.0. The molecule has 0 saturated carbocycles. The molecule has 0 radical (unpaired) electrons. The summed E-state index contributed by atoms with van der Waals surface area (Å²) in [7, 11) is -3.02. The average Bonchev–Trinajstić information content (AvgIpc) is 2.83. The Morgan fingerprint density at radius 2 is 2.14 bits per heavy atom. The first-order chi connectivity index (χ1) is 9.97. The second-order valence-electron chi connectivity index (χ2n) is 6.01. The zero-order valence-electron chi connectivity index (χ0n) is 11.9. The van der Waals surface area contributed by atoms with Crippen molar-refractivity contribution < 1.29 is 18.3 Å². The van der Waals surface area contributed by atoms with Crippen molar-refractivity contribution >= 4 is 15.8 Å². The van der Waals surface area contributed by atoms with Crippen molar-refractivity contribution in [3.8, 4) is 0 Å². The summed E-state index contributed by atoms with van der Waals surface area (Å²) in [6, 6.07) is 0. The molecule has 3 heterocycles. The number of aromatic nitrogens is 2. The van der Waals surface area contributed by atoms with Crippen LogP contribution in [0.1, 0.15) is 49.5 Å². The molecule has 1 N–H and O–H groups in total. The molecule has 3 rings (SSSR count). The number of hydrogen-bond donors (Lipinski definition) is 1. The number of aliphatic carboxylic acids is 1. The van der Waals surface area contributed by atoms with Crippen LogP contribution in [0.3, 0.4) is 0 Å². The van der Waals surface area contributed by atoms with E-state index >= 15 is 0 Å². The summed E-state index contributed by atoms with van der Waals surface area (Å²) in [6.07, 6.45) is 6.06. The van der Waals surface area contributed by atoms with Gasteiger partial charge >= 0.3 is 5.97 Å². The maximum Gasteiger partial charge on any atom is 0.314 e. The number of carboxylic acids is 1. The van der Waals surface area contributed by atoms with E-state index in [1.807, 2.05) is 10.8 Å². The van der Waals surface area contributed by atoms with Crippen molar-refractivity contribution in [1.82, 2.24) is 9.55 Å². The number of carboxylic acid groups (broad SMARTS) is 1. The summed E-state index contributed by atoms with van der Waals surface area (Å²) in [6.45, 7) is 0.767. The van der Waals surface area contributed by atoms with E-state index in [1.54, 1.807) is 0 Å². The largest absolute Gasteiger partial charge is 0.481 e. The SMILES string of the molecule is O=C(O)C1CCCn2cc(CC3CCCCS3(=O)=O)nc21. The highest BCUT2D eigenvalue weighted by Gasteiger charge is 2.32. The van der Waals surface area contributed by atoms with Gasteiger partial charge in [0.1, 0.15) is 11.7 Å². The summed E-state index contributed by atoms with van der Waals surface area (Å²) in [5, 5.41) is 8.89. The van der Waals surface area contributed by atoms with E-state index in [0.29, 0.717) is 30.8 Å². The van der Waals surface area contributed by atoms with Gasteiger partial charge in [0.05, 0.1) is 16.7 Å². The Morgan fingerprint density at radius 1 is 1.33 bits per heavy atom. The number of sulfone groups is 1. The number of imidazole rings is 1. The van der Waals surface area contributed by atoms with Crippen molar-refractivity contribution in [2.75, 3.05) is 5.75 Å². The predicted octanol–water partition coefficient (Wildman–Crippen LogP) is 1.35. The van der Waals surface area contributed by atoms with Gasteiger partial charge in [0.25, 0.3) is 0 Å². The first-order valence-corrected chi connectivity index (χ1v) is 9.19. The van der Waals surface area contributed by atoms with Crippen LogP contribution in [0.4, 0.5) is 0 Å². The Kier molecular flexibility index (Phi) is 3.77. The lowest BCUT2D eigenvalue weighted by atomic mass is 9.99. The van der Waals surface area contributed by atoms with E-state index in [4.69, 9.17) is 0 Å². The standard InChI is InChI=1S/C14H20N2O4S/c17-14(18)12-5-3-6-16-9-10(15-13(12)16)8-11-4-1-2-7-21(11,19)20/h9,11-12H,1-8H2,(H,17,18). The molecule has 0 aliphatic carbocycles. The normalized spacial score (nSPS) is 28.0. The number of aryl methyl sites for hydroxylation is 1. The zero-order valence-corrected chi connectivity index (χ0v) is 12.7. The third kappa shape index (κ3) is 2.84. The van der Waals surface area contributed by atoms with E-state index in [0.717, 1.165) is 25.8 Å². The Balaban J connectivity index is 1.83. The molecule has 1 aromatic rings. The quantitative estimate of drug-likeness (QED) is 0.910. The minimum atomic E-state index is -3.02. The smallest absolute Gasteiger partial charge is 0.314 e. The van der Waals surface area contributed by atoms with E-state index < -0.39 is 21.7 Å². The van der Waals surface area contributed by atoms with E-state index in [1.165, 1.54) is 0 Å². The molecule has 2 unspecified atom stereocenters. The fraction of sp³-hybridized carbons (Fsp3) is 0.714. The van der Waals surface area contributed by atoms with Crippen LogP contribution in [0.2, 0.25) is 0 Å². The van der Waals surface area contributed by atoms with Crippen LogP contribution in [-0.4, -0.2) is 40.0 Å². The fourth-order valence-electron chi connectivity index (χ4n) is 3.35. The summed E-state index contributed by atoms with van der Waals surface area (Å²) in [5.74, 6) is -0.561. The lowest BCUT2D eigenvalue weighted by Gasteiger charge is -2.21. The Bertz CT molecular complexity index is 650. The van der Waals surface area contributed by atoms with Crippen molar-refractivity contribution in [3.05, 3.63) is 17.7 Å². The number of rotatable bonds is 3. The first kappa shape index (κ1) is 14.6. The van der Waals surface area contributed by atoms with Crippen LogP contribution in [0, 0.1) is 0 Å². The van der Waals surface area contributed by atoms with E-state index in [2.05, 4.69) is 4.98 Å². The molecule has 1 saturated heterocycles. The van der Waals surface area contributed by atoms with Crippen LogP contribution < -0.4 is 0 Å². The van der Waals surface area contributed by atoms with Crippen molar-refractivity contribution in [2.24, 2.45) is 0 Å². The maximum absolute atomic E-state index is 12.1. The van der Waals surface area contributed by atoms with Gasteiger partial charge in [-0.15, -0.1) is 0 Å². The third-order valence-electron chi connectivity index (χ3n) is 4.51. The molecule has 6 nitrogen and oxygen atoms in total. The molecule has 21 heavy (non-hydrogen) atoms. The van der Waals surface area contributed by atoms with E-state index in [9.17, 15) is 18.3 Å². The maximum atomic E-state index is 12.1. The second-order valence-corrected chi connectivity index (χ2v) is 8.41. The van der Waals surface area contributed by atoms with Gasteiger partial charge < -0.3 is 9.67 Å². The van der Waals surface area contributed by atoms with Gasteiger partial charge in [-0.2, -0.15) is 0 Å². The molecule has 7 heteroatoms. The molecule has 2 atom stereocenters. The highest BCUT2D eigenvalue weighted by atomic mass is 32.2. The Morgan fingerprint density at radius 3 is 2.86 bits per heavy atom. The molecule has 0 bridgehead atoms. The minimum Gasteiger partial charge on any atom is -0.481 e. The molecule has 0 aromatic carbocycles. The van der Waals surface area contributed by atoms with Gasteiger partial charge in [-0.1, -0.05) is 6.42 Å². The summed E-state index contributed by atoms with van der Waals surface area (Å²) in [4.78, 5) is 15.7. The van der Waals surface area contributed by atoms with Gasteiger partial charge in [-0.25, -0.2) is 13.4 Å². The van der Waals surface area contributed by atoms with Crippen molar-refractivity contribution in [2.45, 2.75) is 56.2 Å². The van der Waals surface area contributed by atoms with Crippen LogP contribution in [0.5, 0.6) is 0 Å². The fourth-order valence-corrected chi connectivity index (χ4v) is 5.24. The molecule has 116 valence electrons. The van der Waals surface area contributed by atoms with Gasteiger partial charge in [0, 0.05) is 19.2 Å². The third-order valence-corrected chi connectivity index (χ3v) is 6.78. The Labute approximate surface area is 124 Å². The monoisotopic (exact) mass is 312 g/mol. The first-order valence-electron chi connectivity index (χ1n) is 7.48. The summed E-state index contributed by atoms with van der Waals surface area (Å²) >= 11 is 0. The topological polar surface area (TPSA) is 89.3 Å². The van der Waals surface area contributed by atoms with Gasteiger partial charge in [0.15, 0.2) is 9.84 Å². The molecule has 2 aliphatic heterocycles. The van der Waals surface area contributed by atoms with Crippen LogP contribution >= 0.6 is 0 Å². The molecule has 2 aliphatic rings. The molecule has 1 aromatic heterocycles. The summed E-state index contributed by atoms with van der Waals surface area (Å²) in [5.41, 5.74) is 0.716. The second kappa shape index (κ2) is 5.44. The molecule has 0 spiro atoms. The average molecular weight is 312 g/mol. The lowest BCUT2D eigenvalue weighted by Crippen LogP contribution is -2.30. The highest BCUT2D eigenvalue weighted by molar-refractivity contribution is 7.92. The number of carbonyl (C=O) groups is 1. The molecule has 0 amide bonds. The van der Waals surface area contributed by atoms with Gasteiger partial charge in [0.2, 0.25) is 0 Å². The Hall–Kier alpha value is -1.37. The van der Waals surface area contributed by atoms with Crippen LogP contribution in [0.25, 0.3) is 0 Å². The number of fused-ring (bicyclic) bond motifs is 1. The van der Waals surface area contributed by atoms with Crippen LogP contribution in [-0.2, 0) is 27.6 Å². The van der Waals surface area contributed by atoms with Gasteiger partial charge in [-0.05, 0) is 25.7 Å². The molecule has 1 fully saturated rings. The van der Waals surface area contributed by atoms with E-state index in [-0.39, 0.29) is 11.0 Å². The van der Waals surface area contributed by atoms with Crippen molar-refractivity contribution in [1.29, 1.82) is 0 Å². The lowest BCUT2D eigenvalue weighted by molar-refractivity contribution is -0.139. The van der Waals surface area contributed by atoms with Gasteiger partial charge in [-0.3, -0.25) is 4.79 Å². The molecular formula is C14H20N2O4S. The zero-order chi connectivity index (χ0) is 15.0. The highest BCUT2D eigenvalue weighted by Crippen LogP contribution is 2.29. The predicted molar refractivity (Wildman–Crippen MR) is 77.0 cm³/mol. The van der Waals surface area contributed by atoms with Crippen molar-refractivity contribution in [3.63, 3.8) is 0 Å². The van der Waals surface area contributed by atoms with Crippen LogP contribution in [0.15, 0.2) is 6.20 Å². The molecular weight excluding hydrogens is 292 g/mol. The minimum absolute atomic E-state index is 0.267. The number of hydrogen-bond acceptors (Lipinski definition) is 4. The number of nitrogens with zero attached hydrogens (tertiary/aromatic N) is 2.